The zero-order valence-corrected chi connectivity index (χ0v) is 11.0. The van der Waals surface area contributed by atoms with Gasteiger partial charge in [0.25, 0.3) is 0 Å². The number of hydrogen-bond donors (Lipinski definition) is 2. The van der Waals surface area contributed by atoms with E-state index in [9.17, 15) is 0 Å². The number of aryl methyl sites for hydroxylation is 1. The lowest BCUT2D eigenvalue weighted by Crippen LogP contribution is -2.32. The van der Waals surface area contributed by atoms with Crippen LogP contribution >= 0.6 is 0 Å². The first-order valence-electron chi connectivity index (χ1n) is 6.79. The normalized spacial score (nSPS) is 23.1. The lowest BCUT2D eigenvalue weighted by molar-refractivity contribution is 0.421. The highest BCUT2D eigenvalue weighted by Crippen LogP contribution is 2.16. The molecule has 2 rings (SSSR count). The fourth-order valence-electron chi connectivity index (χ4n) is 2.57. The molecule has 1 heterocycles. The van der Waals surface area contributed by atoms with Gasteiger partial charge in [-0.05, 0) is 51.8 Å². The van der Waals surface area contributed by atoms with E-state index in [4.69, 9.17) is 0 Å². The van der Waals surface area contributed by atoms with Crippen LogP contribution in [0.3, 0.4) is 0 Å². The Kier molecular flexibility index (Phi) is 4.57. The molecule has 2 N–H and O–H groups in total. The van der Waals surface area contributed by atoms with Crippen molar-refractivity contribution in [3.63, 3.8) is 0 Å². The van der Waals surface area contributed by atoms with Gasteiger partial charge in [-0.2, -0.15) is 0 Å². The van der Waals surface area contributed by atoms with Crippen molar-refractivity contribution >= 4 is 0 Å². The van der Waals surface area contributed by atoms with Gasteiger partial charge in [0.05, 0.1) is 0 Å². The van der Waals surface area contributed by atoms with Gasteiger partial charge in [-0.3, -0.25) is 0 Å². The summed E-state index contributed by atoms with van der Waals surface area (Å²) in [6.45, 7) is 6.76. The van der Waals surface area contributed by atoms with Crippen molar-refractivity contribution in [1.29, 1.82) is 0 Å². The third-order valence-electron chi connectivity index (χ3n) is 3.60. The van der Waals surface area contributed by atoms with Gasteiger partial charge in [0.1, 0.15) is 0 Å². The first-order chi connectivity index (χ1) is 8.25. The van der Waals surface area contributed by atoms with E-state index in [-0.39, 0.29) is 0 Å². The minimum atomic E-state index is 0.456. The number of hydrogen-bond acceptors (Lipinski definition) is 2. The van der Waals surface area contributed by atoms with Crippen molar-refractivity contribution in [2.45, 2.75) is 45.2 Å². The van der Waals surface area contributed by atoms with E-state index in [1.54, 1.807) is 0 Å². The van der Waals surface area contributed by atoms with Gasteiger partial charge in [-0.25, -0.2) is 0 Å². The van der Waals surface area contributed by atoms with Crippen LogP contribution in [0.2, 0.25) is 0 Å². The van der Waals surface area contributed by atoms with Crippen LogP contribution in [-0.2, 0) is 0 Å². The Morgan fingerprint density at radius 2 is 2.18 bits per heavy atom. The fraction of sp³-hybridized carbons (Fsp3) is 0.600. The lowest BCUT2D eigenvalue weighted by Gasteiger charge is -2.22. The van der Waals surface area contributed by atoms with Gasteiger partial charge >= 0.3 is 0 Å². The molecule has 0 bridgehead atoms. The Labute approximate surface area is 105 Å². The van der Waals surface area contributed by atoms with Crippen LogP contribution in [0.1, 0.15) is 43.4 Å². The second kappa shape index (κ2) is 6.18. The van der Waals surface area contributed by atoms with Crippen molar-refractivity contribution in [2.75, 3.05) is 13.1 Å². The van der Waals surface area contributed by atoms with Crippen LogP contribution in [0.4, 0.5) is 0 Å². The molecule has 1 aromatic rings. The maximum atomic E-state index is 3.76. The van der Waals surface area contributed by atoms with Crippen molar-refractivity contribution in [1.82, 2.24) is 10.6 Å². The first kappa shape index (κ1) is 12.6. The van der Waals surface area contributed by atoms with Crippen LogP contribution < -0.4 is 10.6 Å². The van der Waals surface area contributed by atoms with E-state index in [1.165, 1.54) is 36.9 Å². The molecule has 2 atom stereocenters. The molecule has 1 unspecified atom stereocenters. The Hall–Kier alpha value is -0.860. The van der Waals surface area contributed by atoms with Gasteiger partial charge < -0.3 is 10.6 Å². The summed E-state index contributed by atoms with van der Waals surface area (Å²) in [4.78, 5) is 0. The molecule has 0 amide bonds. The smallest absolute Gasteiger partial charge is 0.0294 e. The maximum absolute atomic E-state index is 3.76. The molecule has 2 heteroatoms. The van der Waals surface area contributed by atoms with Gasteiger partial charge in [-0.1, -0.05) is 29.8 Å². The Bertz CT molecular complexity index is 341. The van der Waals surface area contributed by atoms with E-state index in [0.29, 0.717) is 12.1 Å². The van der Waals surface area contributed by atoms with Crippen molar-refractivity contribution in [3.05, 3.63) is 35.4 Å². The summed E-state index contributed by atoms with van der Waals surface area (Å²) in [6.07, 6.45) is 3.83. The minimum Gasteiger partial charge on any atom is -0.317 e. The highest BCUT2D eigenvalue weighted by Gasteiger charge is 2.14. The molecule has 1 fully saturated rings. The molecule has 0 aliphatic carbocycles. The van der Waals surface area contributed by atoms with E-state index < -0.39 is 0 Å². The Balaban J connectivity index is 1.93. The van der Waals surface area contributed by atoms with Crippen LogP contribution in [0, 0.1) is 6.92 Å². The van der Waals surface area contributed by atoms with Gasteiger partial charge in [0, 0.05) is 12.1 Å². The van der Waals surface area contributed by atoms with Crippen molar-refractivity contribution < 1.29 is 0 Å². The molecule has 0 saturated carbocycles. The van der Waals surface area contributed by atoms with E-state index >= 15 is 0 Å². The summed E-state index contributed by atoms with van der Waals surface area (Å²) in [5.41, 5.74) is 2.75. The molecule has 1 aliphatic rings. The molecule has 0 spiro atoms. The highest BCUT2D eigenvalue weighted by atomic mass is 15.0. The van der Waals surface area contributed by atoms with Crippen LogP contribution in [-0.4, -0.2) is 19.1 Å². The number of rotatable bonds is 3. The second-order valence-corrected chi connectivity index (χ2v) is 5.18. The summed E-state index contributed by atoms with van der Waals surface area (Å²) in [7, 11) is 0. The molecular formula is C15H24N2. The minimum absolute atomic E-state index is 0.456. The maximum Gasteiger partial charge on any atom is 0.0294 e. The summed E-state index contributed by atoms with van der Waals surface area (Å²) >= 11 is 0. The SMILES string of the molecule is Cc1cccc([C@H](C)NC2CCCNCC2)c1. The van der Waals surface area contributed by atoms with Gasteiger partial charge in [0.2, 0.25) is 0 Å². The average Bonchev–Trinajstić information content (AvgIpc) is 2.57. The quantitative estimate of drug-likeness (QED) is 0.837. The lowest BCUT2D eigenvalue weighted by atomic mass is 10.0. The third-order valence-corrected chi connectivity index (χ3v) is 3.60. The Morgan fingerprint density at radius 1 is 1.29 bits per heavy atom. The average molecular weight is 232 g/mol. The third kappa shape index (κ3) is 3.83. The molecule has 94 valence electrons. The van der Waals surface area contributed by atoms with Crippen molar-refractivity contribution in [2.24, 2.45) is 0 Å². The standard InChI is InChI=1S/C15H24N2/c1-12-5-3-6-14(11-12)13(2)17-15-7-4-9-16-10-8-15/h3,5-6,11,13,15-17H,4,7-10H2,1-2H3/t13-,15?/m0/s1. The zero-order valence-electron chi connectivity index (χ0n) is 11.0. The van der Waals surface area contributed by atoms with E-state index in [1.807, 2.05) is 0 Å². The number of benzene rings is 1. The molecule has 0 aromatic heterocycles. The molecule has 1 aromatic carbocycles. The fourth-order valence-corrected chi connectivity index (χ4v) is 2.57. The molecular weight excluding hydrogens is 208 g/mol. The predicted molar refractivity (Wildman–Crippen MR) is 73.2 cm³/mol. The highest BCUT2D eigenvalue weighted by molar-refractivity contribution is 5.24. The summed E-state index contributed by atoms with van der Waals surface area (Å²) < 4.78 is 0. The second-order valence-electron chi connectivity index (χ2n) is 5.18. The largest absolute Gasteiger partial charge is 0.317 e. The Morgan fingerprint density at radius 3 is 3.00 bits per heavy atom. The molecule has 0 radical (unpaired) electrons. The van der Waals surface area contributed by atoms with Crippen LogP contribution in [0.25, 0.3) is 0 Å². The van der Waals surface area contributed by atoms with Crippen molar-refractivity contribution in [3.8, 4) is 0 Å². The van der Waals surface area contributed by atoms with E-state index in [2.05, 4.69) is 48.7 Å². The molecule has 1 aliphatic heterocycles. The van der Waals surface area contributed by atoms with Crippen LogP contribution in [0.5, 0.6) is 0 Å². The topological polar surface area (TPSA) is 24.1 Å². The van der Waals surface area contributed by atoms with Gasteiger partial charge in [-0.15, -0.1) is 0 Å². The van der Waals surface area contributed by atoms with Gasteiger partial charge in [0.15, 0.2) is 0 Å². The molecule has 2 nitrogen and oxygen atoms in total. The first-order valence-corrected chi connectivity index (χ1v) is 6.79. The van der Waals surface area contributed by atoms with E-state index in [0.717, 1.165) is 6.54 Å². The molecule has 17 heavy (non-hydrogen) atoms. The summed E-state index contributed by atoms with van der Waals surface area (Å²) in [5, 5.41) is 7.22. The monoisotopic (exact) mass is 232 g/mol. The number of nitrogens with one attached hydrogen (secondary N) is 2. The summed E-state index contributed by atoms with van der Waals surface area (Å²) in [5.74, 6) is 0. The zero-order chi connectivity index (χ0) is 12.1. The predicted octanol–water partition coefficient (Wildman–Crippen LogP) is 2.79. The van der Waals surface area contributed by atoms with Crippen LogP contribution in [0.15, 0.2) is 24.3 Å². The summed E-state index contributed by atoms with van der Waals surface area (Å²) in [6, 6.07) is 9.94. The molecule has 1 saturated heterocycles.